The first-order chi connectivity index (χ1) is 8.58. The molecule has 4 heteroatoms. The van der Waals surface area contributed by atoms with Gasteiger partial charge >= 0.3 is 5.97 Å². The zero-order valence-electron chi connectivity index (χ0n) is 10.6. The van der Waals surface area contributed by atoms with Crippen molar-refractivity contribution in [2.24, 2.45) is 0 Å². The number of allylic oxidation sites excluding steroid dienone is 1. The van der Waals surface area contributed by atoms with Gasteiger partial charge < -0.3 is 5.11 Å². The van der Waals surface area contributed by atoms with Crippen LogP contribution in [0, 0.1) is 13.8 Å². The lowest BCUT2D eigenvalue weighted by Crippen LogP contribution is -2.09. The van der Waals surface area contributed by atoms with Crippen molar-refractivity contribution in [2.45, 2.75) is 43.4 Å². The first-order valence-electron chi connectivity index (χ1n) is 6.13. The lowest BCUT2D eigenvalue weighted by atomic mass is 10.1. The second-order valence-electron chi connectivity index (χ2n) is 4.58. The Kier molecular flexibility index (Phi) is 4.07. The molecule has 3 nitrogen and oxygen atoms in total. The molecule has 1 unspecified atom stereocenters. The molecular weight excluding hydrogens is 246 g/mol. The summed E-state index contributed by atoms with van der Waals surface area (Å²) in [5, 5.41) is 10.3. The maximum absolute atomic E-state index is 11.3. The average molecular weight is 263 g/mol. The van der Waals surface area contributed by atoms with Gasteiger partial charge in [0.25, 0.3) is 0 Å². The summed E-state index contributed by atoms with van der Waals surface area (Å²) >= 11 is 1.57. The summed E-state index contributed by atoms with van der Waals surface area (Å²) in [4.78, 5) is 15.7. The highest BCUT2D eigenvalue weighted by Crippen LogP contribution is 2.32. The van der Waals surface area contributed by atoms with Crippen LogP contribution in [0.25, 0.3) is 0 Å². The van der Waals surface area contributed by atoms with Gasteiger partial charge in [-0.2, -0.15) is 0 Å². The second kappa shape index (κ2) is 5.57. The summed E-state index contributed by atoms with van der Waals surface area (Å²) in [6.07, 6.45) is 7.72. The van der Waals surface area contributed by atoms with Gasteiger partial charge in [0, 0.05) is 10.9 Å². The van der Waals surface area contributed by atoms with Crippen molar-refractivity contribution >= 4 is 17.7 Å². The number of thioether (sulfide) groups is 1. The molecule has 1 atom stereocenters. The molecule has 0 aliphatic heterocycles. The molecule has 1 heterocycles. The maximum atomic E-state index is 11.3. The molecule has 96 valence electrons. The number of aromatic carboxylic acids is 1. The van der Waals surface area contributed by atoms with E-state index in [2.05, 4.69) is 17.1 Å². The molecule has 0 fully saturated rings. The molecule has 2 rings (SSSR count). The van der Waals surface area contributed by atoms with E-state index in [-0.39, 0.29) is 0 Å². The largest absolute Gasteiger partial charge is 0.478 e. The first-order valence-corrected chi connectivity index (χ1v) is 7.00. The van der Waals surface area contributed by atoms with Crippen LogP contribution < -0.4 is 0 Å². The summed E-state index contributed by atoms with van der Waals surface area (Å²) in [6, 6.07) is 1.82. The monoisotopic (exact) mass is 263 g/mol. The number of nitrogens with zero attached hydrogens (tertiary/aromatic N) is 1. The fourth-order valence-electron chi connectivity index (χ4n) is 2.17. The van der Waals surface area contributed by atoms with Gasteiger partial charge in [0.05, 0.1) is 5.56 Å². The highest BCUT2D eigenvalue weighted by Gasteiger charge is 2.19. The van der Waals surface area contributed by atoms with E-state index in [1.165, 1.54) is 6.42 Å². The van der Waals surface area contributed by atoms with Crippen molar-refractivity contribution in [1.82, 2.24) is 4.98 Å². The van der Waals surface area contributed by atoms with Gasteiger partial charge in [-0.05, 0) is 44.7 Å². The number of aryl methyl sites for hydroxylation is 2. The Balaban J connectivity index is 2.33. The SMILES string of the molecule is Cc1cc(C)c(C(=O)O)c(SC2C=CCCC2)n1. The number of carboxylic acid groups (broad SMARTS) is 1. The predicted octanol–water partition coefficient (Wildman–Crippen LogP) is 3.60. The van der Waals surface area contributed by atoms with Crippen LogP contribution in [-0.4, -0.2) is 21.3 Å². The molecular formula is C14H17NO2S. The Labute approximate surface area is 111 Å². The van der Waals surface area contributed by atoms with Crippen molar-refractivity contribution in [2.75, 3.05) is 0 Å². The van der Waals surface area contributed by atoms with Gasteiger partial charge in [-0.15, -0.1) is 0 Å². The molecule has 0 bridgehead atoms. The molecule has 1 aromatic heterocycles. The Morgan fingerprint density at radius 2 is 2.28 bits per heavy atom. The van der Waals surface area contributed by atoms with Crippen molar-refractivity contribution in [1.29, 1.82) is 0 Å². The van der Waals surface area contributed by atoms with Gasteiger partial charge in [-0.1, -0.05) is 23.9 Å². The quantitative estimate of drug-likeness (QED) is 0.847. The summed E-state index contributed by atoms with van der Waals surface area (Å²) < 4.78 is 0. The second-order valence-corrected chi connectivity index (χ2v) is 5.81. The van der Waals surface area contributed by atoms with Gasteiger partial charge in [0.2, 0.25) is 0 Å². The lowest BCUT2D eigenvalue weighted by Gasteiger charge is -2.17. The van der Waals surface area contributed by atoms with Crippen molar-refractivity contribution in [3.8, 4) is 0 Å². The van der Waals surface area contributed by atoms with Gasteiger partial charge in [0.1, 0.15) is 5.03 Å². The minimum Gasteiger partial charge on any atom is -0.478 e. The Bertz CT molecular complexity index is 497. The van der Waals surface area contributed by atoms with Crippen LogP contribution >= 0.6 is 11.8 Å². The third-order valence-electron chi connectivity index (χ3n) is 3.00. The van der Waals surface area contributed by atoms with E-state index in [0.29, 0.717) is 15.8 Å². The zero-order chi connectivity index (χ0) is 13.1. The minimum absolute atomic E-state index is 0.351. The van der Waals surface area contributed by atoms with E-state index in [0.717, 1.165) is 24.1 Å². The van der Waals surface area contributed by atoms with Crippen molar-refractivity contribution in [3.05, 3.63) is 35.0 Å². The fraction of sp³-hybridized carbons (Fsp3) is 0.429. The number of hydrogen-bond donors (Lipinski definition) is 1. The predicted molar refractivity (Wildman–Crippen MR) is 73.3 cm³/mol. The van der Waals surface area contributed by atoms with Gasteiger partial charge in [-0.3, -0.25) is 0 Å². The van der Waals surface area contributed by atoms with Crippen LogP contribution in [0.1, 0.15) is 40.9 Å². The van der Waals surface area contributed by atoms with E-state index in [4.69, 9.17) is 0 Å². The fourth-order valence-corrected chi connectivity index (χ4v) is 3.49. The molecule has 0 amide bonds. The standard InChI is InChI=1S/C14H17NO2S/c1-9-8-10(2)15-13(12(9)14(16)17)18-11-6-4-3-5-7-11/h4,6,8,11H,3,5,7H2,1-2H3,(H,16,17). The van der Waals surface area contributed by atoms with Crippen LogP contribution in [0.5, 0.6) is 0 Å². The molecule has 0 aromatic carbocycles. The van der Waals surface area contributed by atoms with Crippen molar-refractivity contribution in [3.63, 3.8) is 0 Å². The van der Waals surface area contributed by atoms with E-state index in [1.807, 2.05) is 19.9 Å². The summed E-state index contributed by atoms with van der Waals surface area (Å²) in [5.41, 5.74) is 2.02. The van der Waals surface area contributed by atoms with Gasteiger partial charge in [0.15, 0.2) is 0 Å². The first kappa shape index (κ1) is 13.1. The average Bonchev–Trinajstić information content (AvgIpc) is 2.28. The third-order valence-corrected chi connectivity index (χ3v) is 4.21. The number of carboxylic acids is 1. The Morgan fingerprint density at radius 1 is 1.50 bits per heavy atom. The van der Waals surface area contributed by atoms with Crippen LogP contribution in [0.15, 0.2) is 23.2 Å². The molecule has 0 radical (unpaired) electrons. The zero-order valence-corrected chi connectivity index (χ0v) is 11.5. The lowest BCUT2D eigenvalue weighted by molar-refractivity contribution is 0.0691. The summed E-state index contributed by atoms with van der Waals surface area (Å²) in [7, 11) is 0. The molecule has 1 aliphatic rings. The van der Waals surface area contributed by atoms with Gasteiger partial charge in [-0.25, -0.2) is 9.78 Å². The topological polar surface area (TPSA) is 50.2 Å². The molecule has 0 spiro atoms. The highest BCUT2D eigenvalue weighted by molar-refractivity contribution is 8.00. The normalized spacial score (nSPS) is 18.9. The molecule has 1 aliphatic carbocycles. The molecule has 0 saturated heterocycles. The van der Waals surface area contributed by atoms with Crippen molar-refractivity contribution < 1.29 is 9.90 Å². The Hall–Kier alpha value is -1.29. The molecule has 1 aromatic rings. The molecule has 1 N–H and O–H groups in total. The third kappa shape index (κ3) is 2.93. The van der Waals surface area contributed by atoms with Crippen LogP contribution in [0.2, 0.25) is 0 Å². The molecule has 0 saturated carbocycles. The van der Waals surface area contributed by atoms with Crippen LogP contribution in [0.3, 0.4) is 0 Å². The Morgan fingerprint density at radius 3 is 2.89 bits per heavy atom. The number of rotatable bonds is 3. The van der Waals surface area contributed by atoms with E-state index in [9.17, 15) is 9.90 Å². The smallest absolute Gasteiger partial charge is 0.338 e. The minimum atomic E-state index is -0.887. The van der Waals surface area contributed by atoms with Crippen LogP contribution in [-0.2, 0) is 0 Å². The van der Waals surface area contributed by atoms with E-state index < -0.39 is 5.97 Å². The number of pyridine rings is 1. The highest BCUT2D eigenvalue weighted by atomic mass is 32.2. The summed E-state index contributed by atoms with van der Waals surface area (Å²) in [6.45, 7) is 3.73. The van der Waals surface area contributed by atoms with E-state index in [1.54, 1.807) is 11.8 Å². The number of hydrogen-bond acceptors (Lipinski definition) is 3. The summed E-state index contributed by atoms with van der Waals surface area (Å²) in [5.74, 6) is -0.887. The van der Waals surface area contributed by atoms with E-state index >= 15 is 0 Å². The molecule has 18 heavy (non-hydrogen) atoms. The van der Waals surface area contributed by atoms with Crippen LogP contribution in [0.4, 0.5) is 0 Å². The maximum Gasteiger partial charge on any atom is 0.338 e. The number of aromatic nitrogens is 1. The number of carbonyl (C=O) groups is 1.